The molecule has 3 N–H and O–H groups in total. The summed E-state index contributed by atoms with van der Waals surface area (Å²) in [5.41, 5.74) is 6.65. The van der Waals surface area contributed by atoms with Crippen molar-refractivity contribution < 1.29 is 17.4 Å². The average Bonchev–Trinajstić information content (AvgIpc) is 2.67. The maximum absolute atomic E-state index is 12.3. The lowest BCUT2D eigenvalue weighted by Gasteiger charge is -2.20. The number of carbonyl (C=O) groups excluding carboxylic acids is 1. The van der Waals surface area contributed by atoms with Crippen molar-refractivity contribution in [1.29, 1.82) is 5.41 Å². The van der Waals surface area contributed by atoms with E-state index in [9.17, 15) is 13.2 Å². The van der Waals surface area contributed by atoms with Gasteiger partial charge in [0.05, 0.1) is 0 Å². The van der Waals surface area contributed by atoms with Crippen LogP contribution < -0.4 is 5.73 Å². The van der Waals surface area contributed by atoms with Gasteiger partial charge in [0.2, 0.25) is 0 Å². The molecule has 1 aliphatic rings. The Balaban J connectivity index is 1.54. The van der Waals surface area contributed by atoms with E-state index in [0.29, 0.717) is 23.5 Å². The summed E-state index contributed by atoms with van der Waals surface area (Å²) in [6.07, 6.45) is 8.00. The van der Waals surface area contributed by atoms with Gasteiger partial charge in [-0.05, 0) is 41.2 Å². The van der Waals surface area contributed by atoms with E-state index >= 15 is 0 Å². The van der Waals surface area contributed by atoms with E-state index in [-0.39, 0.29) is 18.0 Å². The summed E-state index contributed by atoms with van der Waals surface area (Å²) in [6.45, 7) is 0. The van der Waals surface area contributed by atoms with Crippen molar-refractivity contribution in [3.05, 3.63) is 47.5 Å². The van der Waals surface area contributed by atoms with Crippen LogP contribution in [0.2, 0.25) is 0 Å². The first kappa shape index (κ1) is 21.3. The van der Waals surface area contributed by atoms with Crippen LogP contribution in [0.4, 0.5) is 0 Å². The highest BCUT2D eigenvalue weighted by Gasteiger charge is 2.19. The quantitative estimate of drug-likeness (QED) is 0.380. The molecule has 0 spiro atoms. The first-order valence-corrected chi connectivity index (χ1v) is 11.7. The second-order valence-electron chi connectivity index (χ2n) is 7.86. The predicted octanol–water partition coefficient (Wildman–Crippen LogP) is 4.25. The van der Waals surface area contributed by atoms with Crippen LogP contribution in [-0.2, 0) is 24.8 Å². The average molecular weight is 417 g/mol. The number of nitrogen functional groups attached to an aromatic ring is 1. The summed E-state index contributed by atoms with van der Waals surface area (Å²) in [6, 6.07) is 10.5. The molecule has 1 fully saturated rings. The molecule has 29 heavy (non-hydrogen) atoms. The lowest BCUT2D eigenvalue weighted by molar-refractivity contribution is -0.134. The number of carbonyl (C=O) groups is 1. The monoisotopic (exact) mass is 416 g/mol. The van der Waals surface area contributed by atoms with Crippen molar-refractivity contribution in [2.24, 2.45) is 11.7 Å². The molecule has 0 aromatic heterocycles. The van der Waals surface area contributed by atoms with Crippen molar-refractivity contribution >= 4 is 32.7 Å². The first-order valence-electron chi connectivity index (χ1n) is 10.1. The lowest BCUT2D eigenvalue weighted by atomic mass is 9.86. The summed E-state index contributed by atoms with van der Waals surface area (Å²) >= 11 is 0. The first-order chi connectivity index (χ1) is 13.8. The molecule has 0 bridgehead atoms. The van der Waals surface area contributed by atoms with Gasteiger partial charge in [-0.15, -0.1) is 0 Å². The molecule has 6 nitrogen and oxygen atoms in total. The van der Waals surface area contributed by atoms with Crippen LogP contribution in [0, 0.1) is 11.3 Å². The van der Waals surface area contributed by atoms with Crippen LogP contribution in [0.15, 0.2) is 36.4 Å². The van der Waals surface area contributed by atoms with Gasteiger partial charge in [0.15, 0.2) is 0 Å². The smallest absolute Gasteiger partial charge is 0.322 e. The van der Waals surface area contributed by atoms with Gasteiger partial charge < -0.3 is 9.92 Å². The minimum atomic E-state index is -3.98. The highest BCUT2D eigenvalue weighted by Crippen LogP contribution is 2.28. The molecule has 0 radical (unpaired) electrons. The molecule has 0 saturated heterocycles. The van der Waals surface area contributed by atoms with Crippen molar-refractivity contribution in [2.75, 3.05) is 0 Å². The van der Waals surface area contributed by atoms with Crippen LogP contribution in [0.25, 0.3) is 10.8 Å². The molecule has 2 aromatic carbocycles. The van der Waals surface area contributed by atoms with Crippen molar-refractivity contribution in [3.63, 3.8) is 0 Å². The van der Waals surface area contributed by atoms with E-state index in [2.05, 4.69) is 0 Å². The van der Waals surface area contributed by atoms with E-state index in [4.69, 9.17) is 15.3 Å². The van der Waals surface area contributed by atoms with Gasteiger partial charge in [-0.1, -0.05) is 62.4 Å². The number of hydrogen-bond donors (Lipinski definition) is 2. The van der Waals surface area contributed by atoms with Gasteiger partial charge in [0.25, 0.3) is 0 Å². The summed E-state index contributed by atoms with van der Waals surface area (Å²) in [4.78, 5) is 12.0. The van der Waals surface area contributed by atoms with Gasteiger partial charge in [-0.25, -0.2) is 0 Å². The van der Waals surface area contributed by atoms with E-state index in [1.54, 1.807) is 36.4 Å². The second kappa shape index (κ2) is 9.39. The topological polar surface area (TPSA) is 110 Å². The van der Waals surface area contributed by atoms with Gasteiger partial charge >= 0.3 is 16.1 Å². The number of benzene rings is 2. The molecule has 1 saturated carbocycles. The number of nitrogens with two attached hydrogens (primary N) is 1. The fourth-order valence-electron chi connectivity index (χ4n) is 3.98. The highest BCUT2D eigenvalue weighted by atomic mass is 32.2. The molecule has 3 rings (SSSR count). The number of amidine groups is 1. The van der Waals surface area contributed by atoms with E-state index in [1.165, 1.54) is 32.1 Å². The summed E-state index contributed by atoms with van der Waals surface area (Å²) in [7, 11) is -3.98. The maximum Gasteiger partial charge on any atom is 0.322 e. The number of nitrogens with one attached hydrogen (secondary N) is 1. The fourth-order valence-corrected chi connectivity index (χ4v) is 4.99. The van der Waals surface area contributed by atoms with Crippen LogP contribution in [0.1, 0.15) is 62.5 Å². The Bertz CT molecular complexity index is 995. The summed E-state index contributed by atoms with van der Waals surface area (Å²) < 4.78 is 29.3. The molecule has 7 heteroatoms. The molecule has 0 unspecified atom stereocenters. The van der Waals surface area contributed by atoms with Crippen LogP contribution in [0.5, 0.6) is 0 Å². The van der Waals surface area contributed by atoms with Gasteiger partial charge in [0, 0.05) is 12.0 Å². The third-order valence-electron chi connectivity index (χ3n) is 5.50. The second-order valence-corrected chi connectivity index (χ2v) is 9.43. The van der Waals surface area contributed by atoms with Gasteiger partial charge in [-0.2, -0.15) is 8.42 Å². The van der Waals surface area contributed by atoms with E-state index in [0.717, 1.165) is 17.2 Å². The summed E-state index contributed by atoms with van der Waals surface area (Å²) in [5.74, 6) is -0.387. The zero-order valence-corrected chi connectivity index (χ0v) is 17.3. The number of rotatable bonds is 8. The lowest BCUT2D eigenvalue weighted by Crippen LogP contribution is -2.15. The minimum absolute atomic E-state index is 0.0195. The molecule has 0 amide bonds. The third-order valence-corrected chi connectivity index (χ3v) is 6.62. The number of fused-ring (bicyclic) bond motifs is 1. The Labute approximate surface area is 172 Å². The third kappa shape index (κ3) is 6.29. The van der Waals surface area contributed by atoms with E-state index in [1.807, 2.05) is 0 Å². The molecule has 0 atom stereocenters. The Hall–Kier alpha value is -2.41. The van der Waals surface area contributed by atoms with E-state index < -0.39 is 16.1 Å². The molecule has 1 aliphatic carbocycles. The zero-order chi connectivity index (χ0) is 20.9. The van der Waals surface area contributed by atoms with Crippen LogP contribution >= 0.6 is 0 Å². The van der Waals surface area contributed by atoms with Crippen molar-refractivity contribution in [2.45, 2.75) is 57.1 Å². The molecule has 156 valence electrons. The number of hydrogen-bond acceptors (Lipinski definition) is 5. The Kier molecular flexibility index (Phi) is 6.90. The largest absolute Gasteiger partial charge is 0.384 e. The highest BCUT2D eigenvalue weighted by molar-refractivity contribution is 7.86. The van der Waals surface area contributed by atoms with Crippen LogP contribution in [-0.4, -0.2) is 20.2 Å². The summed E-state index contributed by atoms with van der Waals surface area (Å²) in [5, 5.41) is 9.19. The fraction of sp³-hybridized carbons (Fsp3) is 0.455. The molecule has 2 aromatic rings. The van der Waals surface area contributed by atoms with Gasteiger partial charge in [-0.3, -0.25) is 10.2 Å². The zero-order valence-electron chi connectivity index (χ0n) is 16.5. The Morgan fingerprint density at radius 3 is 2.48 bits per heavy atom. The molecule has 0 aliphatic heterocycles. The Morgan fingerprint density at radius 2 is 1.76 bits per heavy atom. The molecule has 0 heterocycles. The standard InChI is InChI=1S/C22H28N2O4S/c23-22(24)20-12-11-18-13-17(9-10-19(18)14-20)15-29(26,27)28-21(25)8-4-7-16-5-2-1-3-6-16/h9-14,16H,1-8,15H2,(H3,23,24). The normalized spacial score (nSPS) is 15.3. The molecular formula is C22H28N2O4S. The maximum atomic E-state index is 12.3. The van der Waals surface area contributed by atoms with Crippen molar-refractivity contribution in [3.8, 4) is 0 Å². The minimum Gasteiger partial charge on any atom is -0.384 e. The molecular weight excluding hydrogens is 388 g/mol. The van der Waals surface area contributed by atoms with Crippen molar-refractivity contribution in [1.82, 2.24) is 0 Å². The van der Waals surface area contributed by atoms with Gasteiger partial charge in [0.1, 0.15) is 11.6 Å². The Morgan fingerprint density at radius 1 is 1.07 bits per heavy atom. The predicted molar refractivity (Wildman–Crippen MR) is 114 cm³/mol. The SMILES string of the molecule is N=C(N)c1ccc2cc(CS(=O)(=O)OC(=O)CCCC3CCCCC3)ccc2c1. The van der Waals surface area contributed by atoms with Crippen LogP contribution in [0.3, 0.4) is 0 Å².